The second kappa shape index (κ2) is 36.1. The summed E-state index contributed by atoms with van der Waals surface area (Å²) in [6, 6.07) is 1.24. The van der Waals surface area contributed by atoms with Crippen molar-refractivity contribution in [2.45, 2.75) is 173 Å². The molecular formula is C48H77N3O16P2. The number of anilines is 1. The summed E-state index contributed by atoms with van der Waals surface area (Å²) in [4.78, 5) is 61.8. The second-order valence-electron chi connectivity index (χ2n) is 16.4. The van der Waals surface area contributed by atoms with Crippen LogP contribution < -0.4 is 11.4 Å². The van der Waals surface area contributed by atoms with Gasteiger partial charge in [-0.1, -0.05) is 125 Å². The number of aliphatic hydroxyl groups excluding tert-OH is 3. The molecule has 1 aliphatic rings. The smallest absolute Gasteiger partial charge is 0.462 e. The lowest BCUT2D eigenvalue weighted by Gasteiger charge is -2.21. The van der Waals surface area contributed by atoms with Crippen LogP contribution >= 0.6 is 15.6 Å². The van der Waals surface area contributed by atoms with Crippen LogP contribution in [0.1, 0.15) is 142 Å². The third-order valence-corrected chi connectivity index (χ3v) is 13.0. The number of allylic oxidation sites excluding steroid dienone is 10. The standard InChI is InChI=1S/C48H77N3O16P2/c1-3-5-7-8-9-10-11-12-13-14-15-18-22-25-29-33-44(54)65-40(36-62-43(53)32-28-24-21-19-16-17-20-23-27-31-39(52)30-26-6-4-2)37-63-68(58,59)67-69(60,61)64-38-41-45(55)46(56)47(66-41)51-35-34-42(49)50-48(51)57/h5-7,9-10,12-13,20,23,26-27,31,34-35,39-41,45-47,52,55-56H,3-4,8,11,14-19,21-22,24-25,28-30,32-33,36-38H2,1-2H3,(H,58,59)(H,60,61)(H2,49,50,57)/b7-5-,10-9-,13-12-,23-20+,26-6+,31-27+/t39?,40-,41-,45-,46-,47-/m1/s1. The summed E-state index contributed by atoms with van der Waals surface area (Å²) < 4.78 is 56.6. The molecule has 0 spiro atoms. The second-order valence-corrected chi connectivity index (χ2v) is 19.4. The molecule has 1 aromatic rings. The Hall–Kier alpha value is -3.84. The van der Waals surface area contributed by atoms with E-state index in [-0.39, 0.29) is 18.7 Å². The maximum atomic E-state index is 12.8. The van der Waals surface area contributed by atoms with Crippen LogP contribution in [0.3, 0.4) is 0 Å². The number of phosphoric acid groups is 2. The van der Waals surface area contributed by atoms with Gasteiger partial charge in [0.25, 0.3) is 0 Å². The van der Waals surface area contributed by atoms with Crippen molar-refractivity contribution in [1.82, 2.24) is 9.55 Å². The highest BCUT2D eigenvalue weighted by atomic mass is 31.3. The first-order valence-electron chi connectivity index (χ1n) is 24.1. The van der Waals surface area contributed by atoms with Gasteiger partial charge in [0, 0.05) is 19.0 Å². The van der Waals surface area contributed by atoms with E-state index in [2.05, 4.69) is 52.7 Å². The van der Waals surface area contributed by atoms with E-state index in [1.807, 2.05) is 37.3 Å². The number of nitrogens with two attached hydrogens (primary N) is 1. The highest BCUT2D eigenvalue weighted by Gasteiger charge is 2.46. The number of carbonyl (C=O) groups is 2. The summed E-state index contributed by atoms with van der Waals surface area (Å²) in [7, 11) is -10.9. The van der Waals surface area contributed by atoms with E-state index in [4.69, 9.17) is 29.0 Å². The van der Waals surface area contributed by atoms with Crippen LogP contribution in [0.2, 0.25) is 0 Å². The molecule has 1 aromatic heterocycles. The van der Waals surface area contributed by atoms with Gasteiger partial charge < -0.3 is 45.1 Å². The number of carbonyl (C=O) groups excluding carboxylic acids is 2. The van der Waals surface area contributed by atoms with E-state index >= 15 is 0 Å². The Bertz CT molecular complexity index is 1950. The summed E-state index contributed by atoms with van der Waals surface area (Å²) in [5, 5.41) is 30.8. The van der Waals surface area contributed by atoms with E-state index in [9.17, 15) is 48.6 Å². The van der Waals surface area contributed by atoms with Crippen LogP contribution in [0, 0.1) is 0 Å². The van der Waals surface area contributed by atoms with Crippen molar-refractivity contribution in [2.24, 2.45) is 0 Å². The largest absolute Gasteiger partial charge is 0.481 e. The van der Waals surface area contributed by atoms with E-state index in [1.165, 1.54) is 6.07 Å². The predicted octanol–water partition coefficient (Wildman–Crippen LogP) is 8.30. The van der Waals surface area contributed by atoms with E-state index < -0.39 is 89.8 Å². The van der Waals surface area contributed by atoms with Gasteiger partial charge in [-0.25, -0.2) is 13.9 Å². The molecule has 69 heavy (non-hydrogen) atoms. The minimum atomic E-state index is -5.44. The van der Waals surface area contributed by atoms with Crippen molar-refractivity contribution in [2.75, 3.05) is 25.6 Å². The number of esters is 2. The van der Waals surface area contributed by atoms with Gasteiger partial charge in [-0.15, -0.1) is 0 Å². The summed E-state index contributed by atoms with van der Waals surface area (Å²) in [6.45, 7) is 1.76. The van der Waals surface area contributed by atoms with Crippen molar-refractivity contribution >= 4 is 33.4 Å². The van der Waals surface area contributed by atoms with E-state index in [0.717, 1.165) is 101 Å². The number of rotatable bonds is 38. The molecule has 0 radical (unpaired) electrons. The molecular weight excluding hydrogens is 936 g/mol. The van der Waals surface area contributed by atoms with Crippen molar-refractivity contribution in [3.8, 4) is 0 Å². The summed E-state index contributed by atoms with van der Waals surface area (Å²) in [6.07, 6.45) is 31.7. The topological polar surface area (TPSA) is 286 Å². The number of phosphoric ester groups is 2. The molecule has 0 saturated carbocycles. The number of hydrogen-bond acceptors (Lipinski definition) is 16. The van der Waals surface area contributed by atoms with Crippen LogP contribution in [0.4, 0.5) is 5.82 Å². The van der Waals surface area contributed by atoms with Gasteiger partial charge in [0.15, 0.2) is 12.3 Å². The zero-order valence-electron chi connectivity index (χ0n) is 40.2. The average Bonchev–Trinajstić information content (AvgIpc) is 3.58. The highest BCUT2D eigenvalue weighted by molar-refractivity contribution is 7.61. The third kappa shape index (κ3) is 29.2. The summed E-state index contributed by atoms with van der Waals surface area (Å²) >= 11 is 0. The van der Waals surface area contributed by atoms with Crippen molar-refractivity contribution in [3.63, 3.8) is 0 Å². The van der Waals surface area contributed by atoms with Crippen LogP contribution in [-0.4, -0.2) is 96.9 Å². The molecule has 21 heteroatoms. The van der Waals surface area contributed by atoms with Gasteiger partial charge in [0.1, 0.15) is 30.7 Å². The summed E-state index contributed by atoms with van der Waals surface area (Å²) in [5.41, 5.74) is 4.57. The predicted molar refractivity (Wildman–Crippen MR) is 262 cm³/mol. The monoisotopic (exact) mass is 1010 g/mol. The fourth-order valence-corrected chi connectivity index (χ4v) is 8.77. The number of unbranched alkanes of at least 4 members (excludes halogenated alkanes) is 10. The van der Waals surface area contributed by atoms with Gasteiger partial charge in [-0.05, 0) is 76.7 Å². The van der Waals surface area contributed by atoms with Crippen LogP contribution in [0.5, 0.6) is 0 Å². The molecule has 7 N–H and O–H groups in total. The molecule has 0 aliphatic carbocycles. The lowest BCUT2D eigenvalue weighted by Crippen LogP contribution is -2.36. The summed E-state index contributed by atoms with van der Waals surface area (Å²) in [5.74, 6) is -1.38. The minimum Gasteiger partial charge on any atom is -0.462 e. The Balaban J connectivity index is 1.84. The van der Waals surface area contributed by atoms with Gasteiger partial charge in [0.2, 0.25) is 0 Å². The average molecular weight is 1010 g/mol. The third-order valence-electron chi connectivity index (χ3n) is 10.4. The molecule has 1 fully saturated rings. The zero-order chi connectivity index (χ0) is 50.8. The number of nitrogen functional groups attached to an aromatic ring is 1. The quantitative estimate of drug-likeness (QED) is 0.0119. The Kier molecular flexibility index (Phi) is 32.1. The Morgan fingerprint density at radius 3 is 2.01 bits per heavy atom. The number of nitrogens with zero attached hydrogens (tertiary/aromatic N) is 2. The number of aliphatic hydroxyl groups is 3. The normalized spacial score (nSPS) is 20.4. The molecule has 2 heterocycles. The molecule has 0 aromatic carbocycles. The molecule has 19 nitrogen and oxygen atoms in total. The molecule has 0 amide bonds. The molecule has 0 bridgehead atoms. The highest BCUT2D eigenvalue weighted by Crippen LogP contribution is 2.60. The fraction of sp³-hybridized carbons (Fsp3) is 0.625. The molecule has 3 unspecified atom stereocenters. The van der Waals surface area contributed by atoms with Crippen LogP contribution in [-0.2, 0) is 46.3 Å². The fourth-order valence-electron chi connectivity index (χ4n) is 6.66. The van der Waals surface area contributed by atoms with Gasteiger partial charge in [-0.3, -0.25) is 23.2 Å². The molecule has 2 rings (SSSR count). The Labute approximate surface area is 407 Å². The molecule has 390 valence electrons. The van der Waals surface area contributed by atoms with Gasteiger partial charge >= 0.3 is 33.3 Å². The lowest BCUT2D eigenvalue weighted by atomic mass is 10.1. The Morgan fingerprint density at radius 1 is 0.768 bits per heavy atom. The number of ether oxygens (including phenoxy) is 3. The van der Waals surface area contributed by atoms with E-state index in [1.54, 1.807) is 6.08 Å². The first kappa shape index (κ1) is 61.3. The maximum Gasteiger partial charge on any atom is 0.481 e. The van der Waals surface area contributed by atoms with Crippen molar-refractivity contribution in [1.29, 1.82) is 0 Å². The van der Waals surface area contributed by atoms with Crippen molar-refractivity contribution < 1.29 is 71.4 Å². The molecule has 1 aliphatic heterocycles. The number of aromatic nitrogens is 2. The van der Waals surface area contributed by atoms with Crippen molar-refractivity contribution in [3.05, 3.63) is 95.7 Å². The first-order valence-corrected chi connectivity index (χ1v) is 27.0. The lowest BCUT2D eigenvalue weighted by molar-refractivity contribution is -0.161. The first-order chi connectivity index (χ1) is 33.1. The minimum absolute atomic E-state index is 0.0117. The van der Waals surface area contributed by atoms with Crippen LogP contribution in [0.25, 0.3) is 0 Å². The van der Waals surface area contributed by atoms with Gasteiger partial charge in [0.05, 0.1) is 19.3 Å². The van der Waals surface area contributed by atoms with Crippen LogP contribution in [0.15, 0.2) is 90.0 Å². The van der Waals surface area contributed by atoms with E-state index in [0.29, 0.717) is 19.3 Å². The van der Waals surface area contributed by atoms with Gasteiger partial charge in [-0.2, -0.15) is 9.29 Å². The zero-order valence-corrected chi connectivity index (χ0v) is 42.0. The molecule has 1 saturated heterocycles. The maximum absolute atomic E-state index is 12.8. The SMILES string of the molecule is CC/C=C\C/C=C\C/C=C\CCCCCCCC(=O)O[C@H](COC(=O)CCCCCCC/C=C/C=C/C(O)C/C=C/CC)COP(=O)(O)OP(=O)(O)OC[C@H]1O[C@@H](n2ccc(N)nc2=O)[C@H](O)[C@@H]1O. The number of hydrogen-bond donors (Lipinski definition) is 6. The molecule has 8 atom stereocenters. The Morgan fingerprint density at radius 2 is 1.35 bits per heavy atom.